The van der Waals surface area contributed by atoms with Crippen LogP contribution in [0.2, 0.25) is 0 Å². The molecule has 0 fully saturated rings. The number of carbonyl (C=O) groups excluding carboxylic acids is 1. The van der Waals surface area contributed by atoms with Crippen LogP contribution in [0.4, 0.5) is 13.6 Å². The molecule has 24 heavy (non-hydrogen) atoms. The fraction of sp³-hybridized carbons (Fsp3) is 0.235. The molecule has 3 rings (SSSR count). The lowest BCUT2D eigenvalue weighted by molar-refractivity contribution is 0.168. The van der Waals surface area contributed by atoms with Crippen molar-refractivity contribution in [1.82, 2.24) is 15.0 Å². The van der Waals surface area contributed by atoms with E-state index in [1.54, 1.807) is 6.20 Å². The summed E-state index contributed by atoms with van der Waals surface area (Å²) in [7, 11) is 0. The molecule has 5 nitrogen and oxygen atoms in total. The molecule has 2 N–H and O–H groups in total. The van der Waals surface area contributed by atoms with E-state index in [9.17, 15) is 13.9 Å². The van der Waals surface area contributed by atoms with E-state index in [2.05, 4.69) is 15.0 Å². The number of nitrogens with zero attached hydrogens (tertiary/aromatic N) is 2. The third-order valence-corrected chi connectivity index (χ3v) is 3.69. The minimum Gasteiger partial charge on any atom is -0.385 e. The summed E-state index contributed by atoms with van der Waals surface area (Å²) in [5.74, 6) is 0.592. The van der Waals surface area contributed by atoms with Gasteiger partial charge in [-0.25, -0.2) is 9.78 Å². The summed E-state index contributed by atoms with van der Waals surface area (Å²) in [4.78, 5) is 20.1. The third kappa shape index (κ3) is 4.42. The van der Waals surface area contributed by atoms with Crippen LogP contribution in [0, 0.1) is 13.8 Å². The van der Waals surface area contributed by atoms with Gasteiger partial charge in [-0.15, -0.1) is 8.78 Å². The van der Waals surface area contributed by atoms with Crippen molar-refractivity contribution in [2.75, 3.05) is 0 Å². The number of H-pyrrole nitrogens is 1. The highest BCUT2D eigenvalue weighted by Crippen LogP contribution is 2.21. The molecule has 0 amide bonds. The number of aliphatic hydroxyl groups is 1. The van der Waals surface area contributed by atoms with Crippen molar-refractivity contribution in [3.63, 3.8) is 0 Å². The van der Waals surface area contributed by atoms with Crippen molar-refractivity contribution < 1.29 is 18.7 Å². The molecule has 0 spiro atoms. The van der Waals surface area contributed by atoms with Crippen LogP contribution in [0.25, 0.3) is 11.0 Å². The van der Waals surface area contributed by atoms with E-state index in [0.717, 1.165) is 22.3 Å². The highest BCUT2D eigenvalue weighted by Gasteiger charge is 2.15. The zero-order valence-electron chi connectivity index (χ0n) is 13.3. The van der Waals surface area contributed by atoms with Gasteiger partial charge in [0.25, 0.3) is 0 Å². The first-order chi connectivity index (χ1) is 11.4. The summed E-state index contributed by atoms with van der Waals surface area (Å²) in [5.41, 5.74) is 5.04. The zero-order chi connectivity index (χ0) is 17.7. The smallest absolute Gasteiger partial charge is 0.385 e. The number of imidazole rings is 1. The molecule has 0 aliphatic rings. The quantitative estimate of drug-likeness (QED) is 0.713. The molecule has 126 valence electrons. The predicted octanol–water partition coefficient (Wildman–Crippen LogP) is 3.90. The van der Waals surface area contributed by atoms with Gasteiger partial charge in [-0.3, -0.25) is 4.98 Å². The Bertz CT molecular complexity index is 812. The maximum Gasteiger partial charge on any atom is 0.483 e. The number of benzene rings is 1. The maximum atomic E-state index is 10.4. The first kappa shape index (κ1) is 17.7. The number of carbonyl (C=O) groups is 1. The van der Waals surface area contributed by atoms with Crippen molar-refractivity contribution in [2.24, 2.45) is 0 Å². The van der Waals surface area contributed by atoms with E-state index in [4.69, 9.17) is 4.79 Å². The van der Waals surface area contributed by atoms with Crippen LogP contribution in [0.1, 0.15) is 28.7 Å². The average Bonchev–Trinajstić information content (AvgIpc) is 2.95. The van der Waals surface area contributed by atoms with Gasteiger partial charge in [0.2, 0.25) is 0 Å². The van der Waals surface area contributed by atoms with E-state index in [1.165, 1.54) is 5.56 Å². The Morgan fingerprint density at radius 1 is 1.25 bits per heavy atom. The summed E-state index contributed by atoms with van der Waals surface area (Å²) in [6.45, 7) is 4.08. The van der Waals surface area contributed by atoms with E-state index in [1.807, 2.05) is 44.2 Å². The molecule has 3 aromatic rings. The van der Waals surface area contributed by atoms with Gasteiger partial charge in [0.1, 0.15) is 11.9 Å². The maximum absolute atomic E-state index is 10.4. The summed E-state index contributed by atoms with van der Waals surface area (Å²) in [6, 6.07) is 9.74. The Balaban J connectivity index is 0.000000471. The van der Waals surface area contributed by atoms with Crippen molar-refractivity contribution in [2.45, 2.75) is 26.4 Å². The molecule has 2 aromatic heterocycles. The van der Waals surface area contributed by atoms with Gasteiger partial charge in [-0.2, -0.15) is 0 Å². The number of rotatable bonds is 3. The van der Waals surface area contributed by atoms with Crippen LogP contribution in [0.15, 0.2) is 36.5 Å². The zero-order valence-corrected chi connectivity index (χ0v) is 13.3. The molecule has 0 bridgehead atoms. The number of aliphatic hydroxyl groups excluding tert-OH is 1. The number of aromatic nitrogens is 3. The lowest BCUT2D eigenvalue weighted by Gasteiger charge is -2.10. The Labute approximate surface area is 137 Å². The van der Waals surface area contributed by atoms with Crippen LogP contribution in [0.3, 0.4) is 0 Å². The normalized spacial score (nSPS) is 11.7. The Morgan fingerprint density at radius 2 is 1.92 bits per heavy atom. The third-order valence-electron chi connectivity index (χ3n) is 3.69. The molecule has 0 saturated carbocycles. The fourth-order valence-electron chi connectivity index (χ4n) is 2.30. The van der Waals surface area contributed by atoms with Crippen molar-refractivity contribution in [1.29, 1.82) is 0 Å². The van der Waals surface area contributed by atoms with E-state index < -0.39 is 12.4 Å². The second kappa shape index (κ2) is 7.74. The molecular formula is C17H17F2N3O2. The minimum absolute atomic E-state index is 0.466. The molecule has 7 heteroatoms. The summed E-state index contributed by atoms with van der Waals surface area (Å²) in [6.07, 6.45) is -1.26. The minimum atomic E-state index is -2.83. The monoisotopic (exact) mass is 333 g/mol. The number of hydrogen-bond donors (Lipinski definition) is 2. The molecule has 0 radical (unpaired) electrons. The average molecular weight is 333 g/mol. The lowest BCUT2D eigenvalue weighted by Crippen LogP contribution is -2.07. The second-order valence-corrected chi connectivity index (χ2v) is 5.28. The number of fused-ring (bicyclic) bond motifs is 1. The summed E-state index contributed by atoms with van der Waals surface area (Å²) in [5, 5.41) is 10.4. The molecule has 1 atom stereocenters. The molecule has 2 heterocycles. The first-order valence-electron chi connectivity index (χ1n) is 7.27. The van der Waals surface area contributed by atoms with Gasteiger partial charge in [-0.1, -0.05) is 12.1 Å². The van der Waals surface area contributed by atoms with Gasteiger partial charge >= 0.3 is 6.29 Å². The van der Waals surface area contributed by atoms with Crippen LogP contribution < -0.4 is 0 Å². The van der Waals surface area contributed by atoms with E-state index >= 15 is 0 Å². The van der Waals surface area contributed by atoms with Gasteiger partial charge in [0.05, 0.1) is 11.0 Å². The predicted molar refractivity (Wildman–Crippen MR) is 86.1 cm³/mol. The molecule has 1 aromatic carbocycles. The van der Waals surface area contributed by atoms with Crippen LogP contribution >= 0.6 is 0 Å². The molecule has 0 aliphatic heterocycles. The summed E-state index contributed by atoms with van der Waals surface area (Å²) < 4.78 is 19.4. The SMILES string of the molecule is Cc1ccnc(CC(O)c2nc3ccccc3[nH]2)c1C.O=C(F)F. The van der Waals surface area contributed by atoms with E-state index in [-0.39, 0.29) is 0 Å². The van der Waals surface area contributed by atoms with Crippen molar-refractivity contribution in [3.05, 3.63) is 59.2 Å². The largest absolute Gasteiger partial charge is 0.483 e. The number of para-hydroxylation sites is 2. The molecule has 0 saturated heterocycles. The molecule has 0 aliphatic carbocycles. The number of pyridine rings is 1. The number of aromatic amines is 1. The highest BCUT2D eigenvalue weighted by molar-refractivity contribution is 5.74. The van der Waals surface area contributed by atoms with Crippen LogP contribution in [0.5, 0.6) is 0 Å². The van der Waals surface area contributed by atoms with E-state index in [0.29, 0.717) is 12.2 Å². The van der Waals surface area contributed by atoms with Gasteiger partial charge in [-0.05, 0) is 43.2 Å². The molecule has 1 unspecified atom stereocenters. The van der Waals surface area contributed by atoms with Gasteiger partial charge in [0, 0.05) is 18.3 Å². The Kier molecular flexibility index (Phi) is 5.70. The number of hydrogen-bond acceptors (Lipinski definition) is 4. The van der Waals surface area contributed by atoms with Gasteiger partial charge < -0.3 is 10.1 Å². The van der Waals surface area contributed by atoms with Gasteiger partial charge in [0.15, 0.2) is 0 Å². The van der Waals surface area contributed by atoms with Crippen LogP contribution in [-0.4, -0.2) is 26.3 Å². The number of aryl methyl sites for hydroxylation is 1. The topological polar surface area (TPSA) is 78.9 Å². The first-order valence-corrected chi connectivity index (χ1v) is 7.27. The summed E-state index contributed by atoms with van der Waals surface area (Å²) >= 11 is 0. The number of nitrogens with one attached hydrogen (secondary N) is 1. The Morgan fingerprint density at radius 3 is 2.58 bits per heavy atom. The second-order valence-electron chi connectivity index (χ2n) is 5.28. The highest BCUT2D eigenvalue weighted by atomic mass is 19.3. The fourth-order valence-corrected chi connectivity index (χ4v) is 2.30. The Hall–Kier alpha value is -2.67. The lowest BCUT2D eigenvalue weighted by atomic mass is 10.0. The molecular weight excluding hydrogens is 316 g/mol. The van der Waals surface area contributed by atoms with Crippen LogP contribution in [-0.2, 0) is 6.42 Å². The van der Waals surface area contributed by atoms with Crippen molar-refractivity contribution >= 4 is 17.3 Å². The standard InChI is InChI=1S/C16H17N3O.CF2O/c1-10-7-8-17-14(11(10)2)9-15(20)16-18-12-5-3-4-6-13(12)19-16;2-1(3)4/h3-8,15,20H,9H2,1-2H3,(H,18,19);. The van der Waals surface area contributed by atoms with Crippen molar-refractivity contribution in [3.8, 4) is 0 Å². The number of halogens is 2.